The van der Waals surface area contributed by atoms with Gasteiger partial charge in [-0.1, -0.05) is 282 Å². The molecule has 0 heterocycles. The van der Waals surface area contributed by atoms with Gasteiger partial charge in [0.2, 0.25) is 13.2 Å². The third-order valence-electron chi connectivity index (χ3n) is 18.0. The molecule has 7 N–H and O–H groups in total. The Kier molecular flexibility index (Phi) is 74.4. The first kappa shape index (κ1) is 99.3. The molecule has 596 valence electrons. The van der Waals surface area contributed by atoms with Crippen molar-refractivity contribution in [1.82, 2.24) is 0 Å². The SMILES string of the molecule is CCCCCCCC/C=C\CCCCCCCC(=O)O[C@H](COC(=[O+])CCCCCCC/C=C\CCCCCCCC)CO[P+]([O-])(O[NH3+])OCC(O)CO[P+]([O-])(O[NH3+])OC[C@@H](COC(=[O+])CCCCCCC/C=C\CCCCCCCC)OC(=O)CCCCCCC/C=C\CCCCCCCC. The number of allylic oxidation sites excluding steroid dienone is 8. The van der Waals surface area contributed by atoms with Gasteiger partial charge < -0.3 is 33.8 Å². The Hall–Kier alpha value is -2.74. The van der Waals surface area contributed by atoms with Crippen LogP contribution >= 0.6 is 16.3 Å². The highest BCUT2D eigenvalue weighted by Gasteiger charge is 2.42. The molecule has 0 spiro atoms. The van der Waals surface area contributed by atoms with Crippen LogP contribution in [0.25, 0.3) is 0 Å². The molecule has 0 amide bonds. The van der Waals surface area contributed by atoms with Gasteiger partial charge in [-0.3, -0.25) is 9.59 Å². The van der Waals surface area contributed by atoms with E-state index in [9.17, 15) is 34.1 Å². The molecule has 4 atom stereocenters. The van der Waals surface area contributed by atoms with Crippen molar-refractivity contribution < 1.29 is 92.2 Å². The van der Waals surface area contributed by atoms with Crippen molar-refractivity contribution in [3.63, 3.8) is 0 Å². The molecular weight excluding hydrogens is 1330 g/mol. The summed E-state index contributed by atoms with van der Waals surface area (Å²) in [5, 5.41) is 10.9. The first-order valence-electron chi connectivity index (χ1n) is 41.4. The smallest absolute Gasteiger partial charge is 0.574 e. The zero-order valence-corrected chi connectivity index (χ0v) is 67.3. The van der Waals surface area contributed by atoms with Gasteiger partial charge in [-0.15, -0.1) is 0 Å². The van der Waals surface area contributed by atoms with Gasteiger partial charge in [0.1, 0.15) is 45.4 Å². The molecule has 0 aliphatic carbocycles. The lowest BCUT2D eigenvalue weighted by molar-refractivity contribution is -0.656. The number of hydrogen-bond acceptors (Lipinski definition) is 17. The summed E-state index contributed by atoms with van der Waals surface area (Å²) in [6.07, 6.45) is 73.0. The molecule has 0 saturated heterocycles. The number of unbranched alkanes of at least 4 members (excludes halogenated alkanes) is 44. The number of carbonyl (C=O) groups excluding carboxylic acids is 4. The normalized spacial score (nSPS) is 14.1. The van der Waals surface area contributed by atoms with Crippen LogP contribution in [0.4, 0.5) is 0 Å². The Bertz CT molecular complexity index is 1870. The topological polar surface area (TPSA) is 288 Å². The third kappa shape index (κ3) is 70.3. The van der Waals surface area contributed by atoms with Gasteiger partial charge >= 0.3 is 40.2 Å². The molecule has 2 radical (unpaired) electrons. The number of quaternary nitrogens is 2. The number of phosphoric acid groups is 2. The number of rotatable bonds is 80. The minimum Gasteiger partial charge on any atom is -0.601 e. The van der Waals surface area contributed by atoms with E-state index in [1.807, 2.05) is 0 Å². The maximum Gasteiger partial charge on any atom is 0.574 e. The van der Waals surface area contributed by atoms with Crippen LogP contribution in [-0.2, 0) is 65.5 Å². The van der Waals surface area contributed by atoms with Crippen LogP contribution in [-0.4, -0.2) is 86.9 Å². The van der Waals surface area contributed by atoms with E-state index in [-0.39, 0.29) is 38.9 Å². The van der Waals surface area contributed by atoms with E-state index in [2.05, 4.69) is 88.1 Å². The van der Waals surface area contributed by atoms with E-state index < -0.39 is 85.0 Å². The first-order chi connectivity index (χ1) is 49.8. The van der Waals surface area contributed by atoms with Crippen molar-refractivity contribution in [2.75, 3.05) is 39.6 Å². The largest absolute Gasteiger partial charge is 0.601 e. The van der Waals surface area contributed by atoms with E-state index >= 15 is 0 Å². The van der Waals surface area contributed by atoms with Gasteiger partial charge in [0, 0.05) is 22.4 Å². The molecule has 21 heteroatoms. The van der Waals surface area contributed by atoms with Crippen molar-refractivity contribution in [3.8, 4) is 0 Å². The number of aliphatic hydroxyl groups is 1. The fraction of sp³-hybridized carbons (Fsp3) is 0.852. The van der Waals surface area contributed by atoms with Crippen LogP contribution in [0.15, 0.2) is 48.6 Å². The van der Waals surface area contributed by atoms with Crippen LogP contribution in [0.2, 0.25) is 0 Å². The summed E-state index contributed by atoms with van der Waals surface area (Å²) in [6, 6.07) is 0. The molecule has 19 nitrogen and oxygen atoms in total. The summed E-state index contributed by atoms with van der Waals surface area (Å²) in [7, 11) is -9.16. The van der Waals surface area contributed by atoms with Gasteiger partial charge in [-0.25, -0.2) is 0 Å². The van der Waals surface area contributed by atoms with Crippen LogP contribution in [0.5, 0.6) is 0 Å². The molecule has 102 heavy (non-hydrogen) atoms. The van der Waals surface area contributed by atoms with Crippen molar-refractivity contribution in [2.24, 2.45) is 0 Å². The van der Waals surface area contributed by atoms with Gasteiger partial charge in [-0.05, 0) is 138 Å². The van der Waals surface area contributed by atoms with Crippen molar-refractivity contribution >= 4 is 40.2 Å². The average Bonchev–Trinajstić information content (AvgIpc) is 0.900. The maximum absolute atomic E-state index is 13.7. The summed E-state index contributed by atoms with van der Waals surface area (Å²) in [4.78, 5) is 79.6. The van der Waals surface area contributed by atoms with E-state index in [1.54, 1.807) is 0 Å². The Morgan fingerprint density at radius 2 is 0.529 bits per heavy atom. The molecule has 2 unspecified atom stereocenters. The lowest BCUT2D eigenvalue weighted by atomic mass is 10.1. The van der Waals surface area contributed by atoms with Gasteiger partial charge in [0.25, 0.3) is 0 Å². The molecule has 0 aromatic rings. The summed E-state index contributed by atoms with van der Waals surface area (Å²) in [5.74, 6) is 4.43. The third-order valence-corrected chi connectivity index (χ3v) is 20.5. The second-order valence-electron chi connectivity index (χ2n) is 27.9. The van der Waals surface area contributed by atoms with Crippen molar-refractivity contribution in [1.29, 1.82) is 0 Å². The molecule has 0 aromatic heterocycles. The number of esters is 4. The van der Waals surface area contributed by atoms with Crippen molar-refractivity contribution in [3.05, 3.63) is 48.6 Å². The molecule has 0 aliphatic heterocycles. The molecule has 0 fully saturated rings. The molecule has 0 saturated carbocycles. The van der Waals surface area contributed by atoms with E-state index in [4.69, 9.17) is 46.3 Å². The van der Waals surface area contributed by atoms with E-state index in [1.165, 1.54) is 154 Å². The summed E-state index contributed by atoms with van der Waals surface area (Å²) < 4.78 is 54.0. The lowest BCUT2D eigenvalue weighted by Crippen LogP contribution is -2.52. The number of hydrogen-bond donors (Lipinski definition) is 3. The highest BCUT2D eigenvalue weighted by Crippen LogP contribution is 2.53. The minimum atomic E-state index is -4.58. The lowest BCUT2D eigenvalue weighted by Gasteiger charge is -2.24. The summed E-state index contributed by atoms with van der Waals surface area (Å²) in [6.45, 7) is 5.50. The van der Waals surface area contributed by atoms with Crippen LogP contribution < -0.4 is 21.6 Å². The van der Waals surface area contributed by atoms with Crippen LogP contribution in [0, 0.1) is 0 Å². The second-order valence-corrected chi connectivity index (χ2v) is 31.3. The number of ether oxygens (including phenoxy) is 4. The highest BCUT2D eigenvalue weighted by atomic mass is 31.2. The van der Waals surface area contributed by atoms with Gasteiger partial charge in [0.05, 0.1) is 0 Å². The fourth-order valence-corrected chi connectivity index (χ4v) is 13.4. The Morgan fingerprint density at radius 1 is 0.324 bits per heavy atom. The minimum absolute atomic E-state index is 0.115. The van der Waals surface area contributed by atoms with Gasteiger partial charge in [0.15, 0.2) is 12.2 Å². The molecule has 0 aromatic carbocycles. The Morgan fingerprint density at radius 3 is 0.765 bits per heavy atom. The monoisotopic (exact) mass is 1490 g/mol. The standard InChI is InChI=1S/C81H154N2O17P2/c1-5-9-13-17-21-25-29-33-37-41-45-49-53-57-61-65-78(85)91-71-76(97-80(87)67-63-59-55-51-47-43-39-35-31-27-23-19-15-11-7-3)73-95-101(89,99-82)93-69-75(84)70-94-102(90,100-83)96-74-77(98-81(88)68-64-60-56-52-48-44-40-36-32-28-24-20-16-12-8-4)72-92-79(86)66-62-58-54-50-46-42-38-34-30-26-22-18-14-10-6-2/h33-40,75-77,84H,5-32,41-74H2,1-4,82-83H3/q+4/b37-33-,38-34-,39-35-,40-36-/t75?,76-,77-,101?,102?/m1/s1. The zero-order chi connectivity index (χ0) is 74.6. The second kappa shape index (κ2) is 76.5. The summed E-state index contributed by atoms with van der Waals surface area (Å²) >= 11 is 0. The Labute approximate surface area is 623 Å². The quantitative estimate of drug-likeness (QED) is 0.00970. The zero-order valence-electron chi connectivity index (χ0n) is 65.5. The van der Waals surface area contributed by atoms with Crippen LogP contribution in [0.1, 0.15) is 387 Å². The maximum atomic E-state index is 13.7. The number of phosphoric ester groups is 2. The summed E-state index contributed by atoms with van der Waals surface area (Å²) in [5.41, 5.74) is 0. The molecule has 0 rings (SSSR count). The predicted molar refractivity (Wildman–Crippen MR) is 411 cm³/mol. The number of carbonyl (C=O) groups is 4. The molecule has 0 bridgehead atoms. The van der Waals surface area contributed by atoms with E-state index in [0.717, 1.165) is 154 Å². The van der Waals surface area contributed by atoms with Gasteiger partial charge in [-0.2, -0.15) is 29.9 Å². The average molecular weight is 1490 g/mol. The Balaban J connectivity index is 5.50. The first-order valence-corrected chi connectivity index (χ1v) is 44.3. The van der Waals surface area contributed by atoms with E-state index in [0.29, 0.717) is 25.7 Å². The predicted octanol–water partition coefficient (Wildman–Crippen LogP) is 19.9. The van der Waals surface area contributed by atoms with Crippen molar-refractivity contribution in [2.45, 2.75) is 406 Å². The fourth-order valence-electron chi connectivity index (χ4n) is 11.6. The highest BCUT2D eigenvalue weighted by molar-refractivity contribution is 7.54. The van der Waals surface area contributed by atoms with Crippen LogP contribution in [0.3, 0.4) is 0 Å². The molecular formula is C81H154N2O17P2+4. The molecule has 0 aliphatic rings. The number of aliphatic hydroxyl groups excluding tert-OH is 1.